The fourth-order valence-electron chi connectivity index (χ4n) is 1.89. The number of hydrogen-bond acceptors (Lipinski definition) is 3. The lowest BCUT2D eigenvalue weighted by molar-refractivity contribution is 0.275. The lowest BCUT2D eigenvalue weighted by Gasteiger charge is -2.09. The molecule has 0 atom stereocenters. The van der Waals surface area contributed by atoms with Gasteiger partial charge in [-0.3, -0.25) is 4.68 Å². The van der Waals surface area contributed by atoms with E-state index in [0.29, 0.717) is 17.4 Å². The quantitative estimate of drug-likeness (QED) is 0.889. The third kappa shape index (κ3) is 3.16. The third-order valence-corrected chi connectivity index (χ3v) is 4.28. The predicted molar refractivity (Wildman–Crippen MR) is 82.0 cm³/mol. The zero-order valence-corrected chi connectivity index (χ0v) is 13.7. The molecule has 0 fully saturated rings. The molecule has 0 unspecified atom stereocenters. The number of aryl methyl sites for hydroxylation is 2. The van der Waals surface area contributed by atoms with E-state index in [1.54, 1.807) is 10.7 Å². The lowest BCUT2D eigenvalue weighted by atomic mass is 10.2. The monoisotopic (exact) mass is 358 g/mol. The van der Waals surface area contributed by atoms with Crippen molar-refractivity contribution in [3.63, 3.8) is 0 Å². The summed E-state index contributed by atoms with van der Waals surface area (Å²) in [6, 6.07) is 5.49. The van der Waals surface area contributed by atoms with E-state index < -0.39 is 0 Å². The third-order valence-electron chi connectivity index (χ3n) is 3.07. The molecule has 0 aliphatic heterocycles. The number of halogens is 2. The molecule has 6 heteroatoms. The van der Waals surface area contributed by atoms with Crippen LogP contribution in [0.3, 0.4) is 0 Å². The first kappa shape index (κ1) is 15.4. The maximum Gasteiger partial charge on any atom is 0.131 e. The van der Waals surface area contributed by atoms with E-state index in [9.17, 15) is 5.11 Å². The van der Waals surface area contributed by atoms with Crippen LogP contribution in [0.25, 0.3) is 0 Å². The van der Waals surface area contributed by atoms with Crippen molar-refractivity contribution in [3.8, 4) is 5.75 Å². The largest absolute Gasteiger partial charge is 0.487 e. The van der Waals surface area contributed by atoms with Crippen LogP contribution in [0.4, 0.5) is 0 Å². The van der Waals surface area contributed by atoms with Gasteiger partial charge in [0, 0.05) is 11.5 Å². The summed E-state index contributed by atoms with van der Waals surface area (Å²) in [6.07, 6.45) is 0.791. The van der Waals surface area contributed by atoms with Crippen LogP contribution in [0.2, 0.25) is 5.02 Å². The zero-order chi connectivity index (χ0) is 14.7. The van der Waals surface area contributed by atoms with E-state index in [2.05, 4.69) is 21.0 Å². The molecule has 0 aliphatic carbocycles. The molecule has 0 radical (unpaired) electrons. The Bertz CT molecular complexity index is 613. The van der Waals surface area contributed by atoms with Gasteiger partial charge in [-0.2, -0.15) is 5.10 Å². The average molecular weight is 360 g/mol. The first-order valence-corrected chi connectivity index (χ1v) is 7.46. The van der Waals surface area contributed by atoms with Crippen molar-refractivity contribution in [2.24, 2.45) is 7.05 Å². The van der Waals surface area contributed by atoms with E-state index in [1.807, 2.05) is 26.1 Å². The molecule has 1 heterocycles. The van der Waals surface area contributed by atoms with Gasteiger partial charge in [0.05, 0.1) is 23.0 Å². The number of ether oxygens (including phenoxy) is 1. The Morgan fingerprint density at radius 1 is 1.45 bits per heavy atom. The highest BCUT2D eigenvalue weighted by atomic mass is 79.9. The number of hydrogen-bond donors (Lipinski definition) is 1. The summed E-state index contributed by atoms with van der Waals surface area (Å²) in [5.41, 5.74) is 2.50. The van der Waals surface area contributed by atoms with Crippen molar-refractivity contribution in [1.29, 1.82) is 0 Å². The van der Waals surface area contributed by atoms with Gasteiger partial charge in [-0.15, -0.1) is 0 Å². The SMILES string of the molecule is CCc1nn(C)c(COc2ccc(Br)c(CO)c2)c1Cl. The fourth-order valence-corrected chi connectivity index (χ4v) is 2.61. The van der Waals surface area contributed by atoms with Crippen LogP contribution in [0.15, 0.2) is 22.7 Å². The van der Waals surface area contributed by atoms with Crippen molar-refractivity contribution in [2.45, 2.75) is 26.6 Å². The number of aromatic nitrogens is 2. The van der Waals surface area contributed by atoms with Gasteiger partial charge in [0.2, 0.25) is 0 Å². The molecule has 0 saturated heterocycles. The summed E-state index contributed by atoms with van der Waals surface area (Å²) in [5.74, 6) is 0.688. The molecule has 2 aromatic rings. The van der Waals surface area contributed by atoms with Crippen molar-refractivity contribution in [1.82, 2.24) is 9.78 Å². The minimum absolute atomic E-state index is 0.0375. The number of aliphatic hydroxyl groups excluding tert-OH is 1. The topological polar surface area (TPSA) is 47.3 Å². The molecule has 4 nitrogen and oxygen atoms in total. The Kier molecular flexibility index (Phi) is 5.07. The average Bonchev–Trinajstić information content (AvgIpc) is 2.72. The molecule has 108 valence electrons. The summed E-state index contributed by atoms with van der Waals surface area (Å²) in [4.78, 5) is 0. The normalized spacial score (nSPS) is 10.8. The molecule has 0 spiro atoms. The molecule has 1 N–H and O–H groups in total. The van der Waals surface area contributed by atoms with Gasteiger partial charge >= 0.3 is 0 Å². The highest BCUT2D eigenvalue weighted by Gasteiger charge is 2.13. The molecular weight excluding hydrogens is 344 g/mol. The van der Waals surface area contributed by atoms with E-state index in [0.717, 1.165) is 27.8 Å². The van der Waals surface area contributed by atoms with Crippen molar-refractivity contribution in [2.75, 3.05) is 0 Å². The number of rotatable bonds is 5. The number of nitrogens with zero attached hydrogens (tertiary/aromatic N) is 2. The van der Waals surface area contributed by atoms with Crippen molar-refractivity contribution >= 4 is 27.5 Å². The fraction of sp³-hybridized carbons (Fsp3) is 0.357. The van der Waals surface area contributed by atoms with Crippen molar-refractivity contribution in [3.05, 3.63) is 44.6 Å². The zero-order valence-electron chi connectivity index (χ0n) is 11.4. The first-order valence-electron chi connectivity index (χ1n) is 6.29. The smallest absolute Gasteiger partial charge is 0.131 e. The first-order chi connectivity index (χ1) is 9.56. The van der Waals surface area contributed by atoms with Crippen LogP contribution in [0.5, 0.6) is 5.75 Å². The van der Waals surface area contributed by atoms with Gasteiger partial charge in [0.1, 0.15) is 12.4 Å². The van der Waals surface area contributed by atoms with Crippen LogP contribution < -0.4 is 4.74 Å². The van der Waals surface area contributed by atoms with E-state index in [1.165, 1.54) is 0 Å². The summed E-state index contributed by atoms with van der Waals surface area (Å²) in [5, 5.41) is 14.2. The molecule has 2 rings (SSSR count). The van der Waals surface area contributed by atoms with Crippen molar-refractivity contribution < 1.29 is 9.84 Å². The predicted octanol–water partition coefficient (Wildman–Crippen LogP) is 3.47. The molecule has 0 aliphatic rings. The van der Waals surface area contributed by atoms with Gasteiger partial charge in [-0.1, -0.05) is 34.5 Å². The molecule has 20 heavy (non-hydrogen) atoms. The molecular formula is C14H16BrClN2O2. The molecule has 0 amide bonds. The highest BCUT2D eigenvalue weighted by Crippen LogP contribution is 2.25. The van der Waals surface area contributed by atoms with Gasteiger partial charge in [-0.25, -0.2) is 0 Å². The second-order valence-corrected chi connectivity index (χ2v) is 5.62. The molecule has 0 saturated carbocycles. The number of benzene rings is 1. The van der Waals surface area contributed by atoms with Crippen LogP contribution >= 0.6 is 27.5 Å². The standard InChI is InChI=1S/C14H16BrClN2O2/c1-3-12-14(16)13(18(2)17-12)8-20-10-4-5-11(15)9(6-10)7-19/h4-6,19H,3,7-8H2,1-2H3. The minimum Gasteiger partial charge on any atom is -0.487 e. The summed E-state index contributed by atoms with van der Waals surface area (Å²) < 4.78 is 8.34. The van der Waals surface area contributed by atoms with E-state index in [-0.39, 0.29) is 6.61 Å². The van der Waals surface area contributed by atoms with Gasteiger partial charge < -0.3 is 9.84 Å². The van der Waals surface area contributed by atoms with Crippen LogP contribution in [0, 0.1) is 0 Å². The second kappa shape index (κ2) is 6.61. The van der Waals surface area contributed by atoms with Gasteiger partial charge in [0.25, 0.3) is 0 Å². The van der Waals surface area contributed by atoms with Crippen LogP contribution in [0.1, 0.15) is 23.9 Å². The molecule has 1 aromatic carbocycles. The summed E-state index contributed by atoms with van der Waals surface area (Å²) >= 11 is 9.64. The maximum atomic E-state index is 9.23. The Morgan fingerprint density at radius 2 is 2.20 bits per heavy atom. The minimum atomic E-state index is -0.0375. The van der Waals surface area contributed by atoms with E-state index >= 15 is 0 Å². The van der Waals surface area contributed by atoms with Gasteiger partial charge in [-0.05, 0) is 30.2 Å². The Labute approximate surface area is 131 Å². The summed E-state index contributed by atoms with van der Waals surface area (Å²) in [6.45, 7) is 2.32. The maximum absolute atomic E-state index is 9.23. The molecule has 1 aromatic heterocycles. The van der Waals surface area contributed by atoms with Crippen LogP contribution in [-0.4, -0.2) is 14.9 Å². The Morgan fingerprint density at radius 3 is 2.80 bits per heavy atom. The highest BCUT2D eigenvalue weighted by molar-refractivity contribution is 9.10. The number of aliphatic hydroxyl groups is 1. The Hall–Kier alpha value is -1.04. The van der Waals surface area contributed by atoms with Gasteiger partial charge in [0.15, 0.2) is 0 Å². The van der Waals surface area contributed by atoms with E-state index in [4.69, 9.17) is 16.3 Å². The lowest BCUT2D eigenvalue weighted by Crippen LogP contribution is -2.04. The summed E-state index contributed by atoms with van der Waals surface area (Å²) in [7, 11) is 1.85. The van der Waals surface area contributed by atoms with Crippen LogP contribution in [-0.2, 0) is 26.7 Å². The second-order valence-electron chi connectivity index (χ2n) is 4.38. The Balaban J connectivity index is 2.15. The molecule has 0 bridgehead atoms.